The fourth-order valence-electron chi connectivity index (χ4n) is 5.44. The van der Waals surface area contributed by atoms with Crippen molar-refractivity contribution in [1.82, 2.24) is 24.5 Å². The summed E-state index contributed by atoms with van der Waals surface area (Å²) < 4.78 is 9.12. The summed E-state index contributed by atoms with van der Waals surface area (Å²) in [5.41, 5.74) is 2.49. The Bertz CT molecular complexity index is 1290. The van der Waals surface area contributed by atoms with E-state index in [-0.39, 0.29) is 23.1 Å². The zero-order chi connectivity index (χ0) is 24.5. The Morgan fingerprint density at radius 3 is 2.74 bits per heavy atom. The van der Waals surface area contributed by atoms with Crippen molar-refractivity contribution in [2.24, 2.45) is 5.92 Å². The van der Waals surface area contributed by atoms with Gasteiger partial charge in [-0.05, 0) is 51.2 Å². The maximum absolute atomic E-state index is 13.4. The van der Waals surface area contributed by atoms with Crippen LogP contribution >= 0.6 is 0 Å². The third-order valence-corrected chi connectivity index (χ3v) is 7.51. The number of fused-ring (bicyclic) bond motifs is 1. The number of nitrogens with zero attached hydrogens (tertiary/aromatic N) is 5. The molecule has 5 rings (SSSR count). The average Bonchev–Trinajstić information content (AvgIpc) is 3.49. The summed E-state index contributed by atoms with van der Waals surface area (Å²) in [7, 11) is 1.58. The first-order chi connectivity index (χ1) is 16.9. The Hall–Kier alpha value is -3.36. The first kappa shape index (κ1) is 23.4. The first-order valence-corrected chi connectivity index (χ1v) is 12.6. The molecule has 9 nitrogen and oxygen atoms in total. The number of anilines is 1. The number of ether oxygens (including phenoxy) is 1. The topological polar surface area (TPSA) is 93.8 Å². The summed E-state index contributed by atoms with van der Waals surface area (Å²) in [5.74, 6) is 1.55. The second kappa shape index (κ2) is 9.71. The van der Waals surface area contributed by atoms with Crippen LogP contribution in [0, 0.1) is 19.8 Å². The summed E-state index contributed by atoms with van der Waals surface area (Å²) in [6, 6.07) is 5.44. The highest BCUT2D eigenvalue weighted by Gasteiger charge is 2.28. The highest BCUT2D eigenvalue weighted by Crippen LogP contribution is 2.27. The normalized spacial score (nSPS) is 18.8. The number of nitrogens with one attached hydrogen (secondary N) is 1. The largest absolute Gasteiger partial charge is 0.495 e. The zero-order valence-corrected chi connectivity index (χ0v) is 20.8. The Kier molecular flexibility index (Phi) is 6.49. The Labute approximate surface area is 205 Å². The third-order valence-electron chi connectivity index (χ3n) is 7.51. The van der Waals surface area contributed by atoms with Gasteiger partial charge in [0.2, 0.25) is 0 Å². The van der Waals surface area contributed by atoms with E-state index in [9.17, 15) is 9.59 Å². The average molecular weight is 479 g/mol. The van der Waals surface area contributed by atoms with Gasteiger partial charge in [-0.1, -0.05) is 19.3 Å². The number of carbonyl (C=O) groups is 1. The van der Waals surface area contributed by atoms with Gasteiger partial charge in [-0.15, -0.1) is 5.10 Å². The van der Waals surface area contributed by atoms with Crippen molar-refractivity contribution in [3.63, 3.8) is 0 Å². The fraction of sp³-hybridized carbons (Fsp3) is 0.538. The van der Waals surface area contributed by atoms with Crippen molar-refractivity contribution in [2.75, 3.05) is 25.1 Å². The summed E-state index contributed by atoms with van der Waals surface area (Å²) in [6.45, 7) is 5.92. The van der Waals surface area contributed by atoms with Crippen LogP contribution in [-0.4, -0.2) is 51.3 Å². The van der Waals surface area contributed by atoms with Crippen LogP contribution in [0.25, 0.3) is 5.65 Å². The zero-order valence-electron chi connectivity index (χ0n) is 20.8. The molecule has 1 atom stereocenters. The van der Waals surface area contributed by atoms with Gasteiger partial charge in [0.1, 0.15) is 17.1 Å². The number of aromatic nitrogens is 4. The maximum Gasteiger partial charge on any atom is 0.263 e. The fourth-order valence-corrected chi connectivity index (χ4v) is 5.44. The number of amides is 1. The van der Waals surface area contributed by atoms with E-state index in [2.05, 4.69) is 15.2 Å². The monoisotopic (exact) mass is 478 g/mol. The summed E-state index contributed by atoms with van der Waals surface area (Å²) in [4.78, 5) is 33.1. The van der Waals surface area contributed by atoms with Gasteiger partial charge in [0.25, 0.3) is 11.5 Å². The number of carbonyl (C=O) groups excluding carboxylic acids is 1. The molecule has 0 aromatic carbocycles. The molecule has 3 aromatic heterocycles. The molecule has 4 heterocycles. The van der Waals surface area contributed by atoms with Crippen LogP contribution in [0.5, 0.6) is 5.75 Å². The third kappa shape index (κ3) is 4.63. The molecule has 1 amide bonds. The molecule has 1 aliphatic carbocycles. The van der Waals surface area contributed by atoms with Crippen molar-refractivity contribution in [2.45, 2.75) is 65.0 Å². The number of aryl methyl sites for hydroxylation is 1. The quantitative estimate of drug-likeness (QED) is 0.585. The van der Waals surface area contributed by atoms with E-state index in [0.717, 1.165) is 48.7 Å². The van der Waals surface area contributed by atoms with E-state index < -0.39 is 0 Å². The molecule has 3 aromatic rings. The highest BCUT2D eigenvalue weighted by molar-refractivity contribution is 5.94. The number of hydrogen-bond acceptors (Lipinski definition) is 6. The second-order valence-corrected chi connectivity index (χ2v) is 9.90. The number of imidazole rings is 1. The van der Waals surface area contributed by atoms with Gasteiger partial charge in [0.15, 0.2) is 5.65 Å². The molecule has 0 spiro atoms. The van der Waals surface area contributed by atoms with Crippen LogP contribution in [0.2, 0.25) is 0 Å². The van der Waals surface area contributed by atoms with Gasteiger partial charge >= 0.3 is 0 Å². The van der Waals surface area contributed by atoms with Crippen molar-refractivity contribution in [3.8, 4) is 5.75 Å². The highest BCUT2D eigenvalue weighted by atomic mass is 16.5. The van der Waals surface area contributed by atoms with Crippen LogP contribution in [0.1, 0.15) is 60.3 Å². The minimum absolute atomic E-state index is 0.0672. The minimum atomic E-state index is -0.341. The van der Waals surface area contributed by atoms with Gasteiger partial charge in [-0.2, -0.15) is 0 Å². The SMILES string of the molecule is COc1cc(C(=O)NC2CCN(c3ccc4ncc(C)n4n3)C2)c(=O)n(CC2CCCCC2)c1C. The lowest BCUT2D eigenvalue weighted by Gasteiger charge is -2.24. The molecule has 1 N–H and O–H groups in total. The van der Waals surface area contributed by atoms with Crippen LogP contribution in [0.3, 0.4) is 0 Å². The molecule has 0 radical (unpaired) electrons. The predicted molar refractivity (Wildman–Crippen MR) is 134 cm³/mol. The van der Waals surface area contributed by atoms with E-state index in [4.69, 9.17) is 9.84 Å². The Morgan fingerprint density at radius 2 is 1.97 bits per heavy atom. The molecule has 1 saturated heterocycles. The lowest BCUT2D eigenvalue weighted by Crippen LogP contribution is -2.41. The minimum Gasteiger partial charge on any atom is -0.495 e. The van der Waals surface area contributed by atoms with Crippen LogP contribution in [0.4, 0.5) is 5.82 Å². The van der Waals surface area contributed by atoms with Crippen LogP contribution < -0.4 is 20.5 Å². The number of pyridine rings is 1. The van der Waals surface area contributed by atoms with Crippen molar-refractivity contribution in [3.05, 3.63) is 51.7 Å². The van der Waals surface area contributed by atoms with E-state index in [1.807, 2.05) is 30.5 Å². The van der Waals surface area contributed by atoms with Crippen LogP contribution in [0.15, 0.2) is 29.2 Å². The van der Waals surface area contributed by atoms with Gasteiger partial charge < -0.3 is 19.5 Å². The molecule has 9 heteroatoms. The van der Waals surface area contributed by atoms with Gasteiger partial charge in [-0.25, -0.2) is 9.50 Å². The summed E-state index contributed by atoms with van der Waals surface area (Å²) in [6.07, 6.45) is 8.51. The number of methoxy groups -OCH3 is 1. The van der Waals surface area contributed by atoms with E-state index >= 15 is 0 Å². The van der Waals surface area contributed by atoms with Crippen molar-refractivity contribution < 1.29 is 9.53 Å². The Morgan fingerprint density at radius 1 is 1.17 bits per heavy atom. The maximum atomic E-state index is 13.4. The van der Waals surface area contributed by atoms with E-state index in [1.54, 1.807) is 23.9 Å². The van der Waals surface area contributed by atoms with Gasteiger partial charge in [0, 0.05) is 31.7 Å². The summed E-state index contributed by atoms with van der Waals surface area (Å²) in [5, 5.41) is 7.78. The molecule has 2 fully saturated rings. The molecule has 1 unspecified atom stereocenters. The van der Waals surface area contributed by atoms with Gasteiger partial charge in [0.05, 0.1) is 24.7 Å². The standard InChI is InChI=1S/C26H34N6O3/c1-17-14-27-23-9-10-24(29-32(17)23)30-12-11-20(16-30)28-25(33)21-13-22(35-3)18(2)31(26(21)34)15-19-7-5-4-6-8-19/h9-10,13-14,19-20H,4-8,11-12,15-16H2,1-3H3,(H,28,33). The molecule has 1 saturated carbocycles. The molecular formula is C26H34N6O3. The lowest BCUT2D eigenvalue weighted by atomic mass is 9.89. The van der Waals surface area contributed by atoms with E-state index in [0.29, 0.717) is 24.8 Å². The van der Waals surface area contributed by atoms with Crippen molar-refractivity contribution >= 4 is 17.4 Å². The lowest BCUT2D eigenvalue weighted by molar-refractivity contribution is 0.0937. The summed E-state index contributed by atoms with van der Waals surface area (Å²) >= 11 is 0. The molecule has 35 heavy (non-hydrogen) atoms. The number of hydrogen-bond donors (Lipinski definition) is 1. The molecular weight excluding hydrogens is 444 g/mol. The second-order valence-electron chi connectivity index (χ2n) is 9.90. The van der Waals surface area contributed by atoms with Crippen LogP contribution in [-0.2, 0) is 6.54 Å². The molecule has 2 aliphatic rings. The first-order valence-electron chi connectivity index (χ1n) is 12.6. The molecule has 186 valence electrons. The Balaban J connectivity index is 1.32. The smallest absolute Gasteiger partial charge is 0.263 e. The van der Waals surface area contributed by atoms with Crippen molar-refractivity contribution in [1.29, 1.82) is 0 Å². The van der Waals surface area contributed by atoms with E-state index in [1.165, 1.54) is 19.3 Å². The molecule has 1 aliphatic heterocycles. The predicted octanol–water partition coefficient (Wildman–Crippen LogP) is 3.11. The van der Waals surface area contributed by atoms with Gasteiger partial charge in [-0.3, -0.25) is 9.59 Å². The number of rotatable bonds is 6. The molecule has 0 bridgehead atoms.